The van der Waals surface area contributed by atoms with Crippen LogP contribution in [0.15, 0.2) is 0 Å². The van der Waals surface area contributed by atoms with E-state index in [4.69, 9.17) is 4.74 Å². The Morgan fingerprint density at radius 3 is 2.55 bits per heavy atom. The van der Waals surface area contributed by atoms with Gasteiger partial charge in [0.25, 0.3) is 0 Å². The first-order valence-electron chi connectivity index (χ1n) is 3.99. The molecule has 0 aromatic rings. The predicted octanol–water partition coefficient (Wildman–Crippen LogP) is 0.793. The van der Waals surface area contributed by atoms with Crippen molar-refractivity contribution in [3.63, 3.8) is 0 Å². The highest BCUT2D eigenvalue weighted by Crippen LogP contribution is 2.00. The molecule has 0 radical (unpaired) electrons. The molecular weight excluding hydrogens is 142 g/mol. The van der Waals surface area contributed by atoms with E-state index < -0.39 is 0 Å². The van der Waals surface area contributed by atoms with Gasteiger partial charge in [-0.3, -0.25) is 4.79 Å². The highest BCUT2D eigenvalue weighted by atomic mass is 16.5. The van der Waals surface area contributed by atoms with Gasteiger partial charge in [0.15, 0.2) is 0 Å². The molecule has 0 aromatic carbocycles. The molecule has 0 aliphatic rings. The van der Waals surface area contributed by atoms with Crippen molar-refractivity contribution >= 4 is 6.41 Å². The van der Waals surface area contributed by atoms with E-state index in [1.807, 2.05) is 6.92 Å². The van der Waals surface area contributed by atoms with Gasteiger partial charge in [-0.1, -0.05) is 13.8 Å². The van der Waals surface area contributed by atoms with Crippen molar-refractivity contribution in [2.75, 3.05) is 13.2 Å². The number of hydrogen-bond acceptors (Lipinski definition) is 2. The Bertz CT molecular complexity index is 104. The first kappa shape index (κ1) is 10.4. The van der Waals surface area contributed by atoms with Crippen LogP contribution in [0.4, 0.5) is 0 Å². The van der Waals surface area contributed by atoms with Crippen LogP contribution >= 0.6 is 0 Å². The van der Waals surface area contributed by atoms with Gasteiger partial charge in [0.2, 0.25) is 6.41 Å². The maximum atomic E-state index is 10.1. The van der Waals surface area contributed by atoms with Crippen molar-refractivity contribution in [1.82, 2.24) is 5.32 Å². The van der Waals surface area contributed by atoms with Crippen LogP contribution in [0.5, 0.6) is 0 Å². The topological polar surface area (TPSA) is 38.3 Å². The van der Waals surface area contributed by atoms with Crippen LogP contribution in [0.1, 0.15) is 20.8 Å². The zero-order chi connectivity index (χ0) is 8.69. The molecular formula is C8H17NO2. The standard InChI is InChI=1S/C8H17NO2/c1-4-11-5-8(7(2)3)9-6-10/h6-8H,4-5H2,1-3H3,(H,9,10). The Hall–Kier alpha value is -0.570. The van der Waals surface area contributed by atoms with Gasteiger partial charge in [0, 0.05) is 6.61 Å². The van der Waals surface area contributed by atoms with E-state index in [1.54, 1.807) is 0 Å². The molecule has 1 unspecified atom stereocenters. The zero-order valence-corrected chi connectivity index (χ0v) is 7.46. The molecule has 0 rings (SSSR count). The second-order valence-corrected chi connectivity index (χ2v) is 2.79. The number of nitrogens with one attached hydrogen (secondary N) is 1. The second-order valence-electron chi connectivity index (χ2n) is 2.79. The summed E-state index contributed by atoms with van der Waals surface area (Å²) < 4.78 is 5.19. The molecule has 0 aliphatic heterocycles. The molecule has 11 heavy (non-hydrogen) atoms. The van der Waals surface area contributed by atoms with Crippen molar-refractivity contribution in [3.8, 4) is 0 Å². The molecule has 0 aliphatic carbocycles. The van der Waals surface area contributed by atoms with Crippen LogP contribution in [-0.2, 0) is 9.53 Å². The molecule has 0 spiro atoms. The van der Waals surface area contributed by atoms with E-state index in [9.17, 15) is 4.79 Å². The third kappa shape index (κ3) is 4.79. The van der Waals surface area contributed by atoms with Crippen molar-refractivity contribution < 1.29 is 9.53 Å². The van der Waals surface area contributed by atoms with Crippen LogP contribution in [0.25, 0.3) is 0 Å². The molecule has 3 nitrogen and oxygen atoms in total. The van der Waals surface area contributed by atoms with E-state index in [0.717, 1.165) is 6.41 Å². The van der Waals surface area contributed by atoms with E-state index in [-0.39, 0.29) is 6.04 Å². The Kier molecular flexibility index (Phi) is 5.84. The van der Waals surface area contributed by atoms with Crippen LogP contribution in [0, 0.1) is 5.92 Å². The van der Waals surface area contributed by atoms with E-state index >= 15 is 0 Å². The number of amides is 1. The molecule has 0 fully saturated rings. The summed E-state index contributed by atoms with van der Waals surface area (Å²) in [5.74, 6) is 0.423. The highest BCUT2D eigenvalue weighted by molar-refractivity contribution is 5.46. The Labute approximate surface area is 68.1 Å². The van der Waals surface area contributed by atoms with E-state index in [1.165, 1.54) is 0 Å². The minimum absolute atomic E-state index is 0.146. The summed E-state index contributed by atoms with van der Waals surface area (Å²) in [4.78, 5) is 10.1. The van der Waals surface area contributed by atoms with Crippen LogP contribution < -0.4 is 5.32 Å². The minimum Gasteiger partial charge on any atom is -0.380 e. The molecule has 66 valence electrons. The molecule has 0 saturated carbocycles. The van der Waals surface area contributed by atoms with Gasteiger partial charge in [-0.15, -0.1) is 0 Å². The zero-order valence-electron chi connectivity index (χ0n) is 7.46. The molecule has 1 amide bonds. The summed E-state index contributed by atoms with van der Waals surface area (Å²) in [6, 6.07) is 0.146. The first-order chi connectivity index (χ1) is 5.22. The second kappa shape index (κ2) is 6.16. The molecule has 0 saturated heterocycles. The van der Waals surface area contributed by atoms with Gasteiger partial charge in [-0.25, -0.2) is 0 Å². The quantitative estimate of drug-likeness (QED) is 0.582. The maximum Gasteiger partial charge on any atom is 0.207 e. The number of hydrogen-bond donors (Lipinski definition) is 1. The van der Waals surface area contributed by atoms with Gasteiger partial charge in [-0.05, 0) is 12.8 Å². The van der Waals surface area contributed by atoms with Gasteiger partial charge < -0.3 is 10.1 Å². The SMILES string of the molecule is CCOCC(NC=O)C(C)C. The average Bonchev–Trinajstić information content (AvgIpc) is 1.97. The third-order valence-corrected chi connectivity index (χ3v) is 1.59. The minimum atomic E-state index is 0.146. The monoisotopic (exact) mass is 159 g/mol. The average molecular weight is 159 g/mol. The molecule has 1 N–H and O–H groups in total. The number of carbonyl (C=O) groups excluding carboxylic acids is 1. The molecule has 1 atom stereocenters. The van der Waals surface area contributed by atoms with Crippen molar-refractivity contribution in [2.24, 2.45) is 5.92 Å². The molecule has 0 aromatic heterocycles. The summed E-state index contributed by atoms with van der Waals surface area (Å²) in [6.07, 6.45) is 0.726. The summed E-state index contributed by atoms with van der Waals surface area (Å²) >= 11 is 0. The fourth-order valence-corrected chi connectivity index (χ4v) is 0.765. The lowest BCUT2D eigenvalue weighted by atomic mass is 10.1. The van der Waals surface area contributed by atoms with Gasteiger partial charge in [0.05, 0.1) is 12.6 Å². The highest BCUT2D eigenvalue weighted by Gasteiger charge is 2.10. The Balaban J connectivity index is 3.59. The lowest BCUT2D eigenvalue weighted by Crippen LogP contribution is -2.37. The summed E-state index contributed by atoms with van der Waals surface area (Å²) in [5.41, 5.74) is 0. The maximum absolute atomic E-state index is 10.1. The fraction of sp³-hybridized carbons (Fsp3) is 0.875. The summed E-state index contributed by atoms with van der Waals surface area (Å²) in [5, 5.41) is 2.71. The molecule has 3 heteroatoms. The summed E-state index contributed by atoms with van der Waals surface area (Å²) in [7, 11) is 0. The predicted molar refractivity (Wildman–Crippen MR) is 44.3 cm³/mol. The normalized spacial score (nSPS) is 13.1. The molecule has 0 heterocycles. The first-order valence-corrected chi connectivity index (χ1v) is 3.99. The number of carbonyl (C=O) groups is 1. The molecule has 0 bridgehead atoms. The number of rotatable bonds is 6. The Morgan fingerprint density at radius 2 is 2.18 bits per heavy atom. The van der Waals surface area contributed by atoms with Crippen LogP contribution in [-0.4, -0.2) is 25.7 Å². The van der Waals surface area contributed by atoms with Crippen molar-refractivity contribution in [1.29, 1.82) is 0 Å². The van der Waals surface area contributed by atoms with Gasteiger partial charge in [0.1, 0.15) is 0 Å². The largest absolute Gasteiger partial charge is 0.380 e. The van der Waals surface area contributed by atoms with E-state index in [0.29, 0.717) is 19.1 Å². The third-order valence-electron chi connectivity index (χ3n) is 1.59. The summed E-state index contributed by atoms with van der Waals surface area (Å²) in [6.45, 7) is 7.36. The number of ether oxygens (including phenoxy) is 1. The fourth-order valence-electron chi connectivity index (χ4n) is 0.765. The van der Waals surface area contributed by atoms with Gasteiger partial charge in [-0.2, -0.15) is 0 Å². The lowest BCUT2D eigenvalue weighted by Gasteiger charge is -2.19. The van der Waals surface area contributed by atoms with Gasteiger partial charge >= 0.3 is 0 Å². The van der Waals surface area contributed by atoms with E-state index in [2.05, 4.69) is 19.2 Å². The smallest absolute Gasteiger partial charge is 0.207 e. The van der Waals surface area contributed by atoms with Crippen LogP contribution in [0.2, 0.25) is 0 Å². The Morgan fingerprint density at radius 1 is 1.55 bits per heavy atom. The van der Waals surface area contributed by atoms with Crippen molar-refractivity contribution in [2.45, 2.75) is 26.8 Å². The lowest BCUT2D eigenvalue weighted by molar-refractivity contribution is -0.110. The van der Waals surface area contributed by atoms with Crippen molar-refractivity contribution in [3.05, 3.63) is 0 Å². The van der Waals surface area contributed by atoms with Crippen LogP contribution in [0.3, 0.4) is 0 Å².